The Labute approximate surface area is 99.1 Å². The number of hydrogen-bond acceptors (Lipinski definition) is 5. The van der Waals surface area contributed by atoms with Gasteiger partial charge >= 0.3 is 0 Å². The van der Waals surface area contributed by atoms with Gasteiger partial charge in [-0.25, -0.2) is 13.4 Å². The van der Waals surface area contributed by atoms with E-state index in [9.17, 15) is 8.42 Å². The highest BCUT2D eigenvalue weighted by atomic mass is 32.2. The lowest BCUT2D eigenvalue weighted by Crippen LogP contribution is -2.56. The van der Waals surface area contributed by atoms with E-state index in [0.29, 0.717) is 24.7 Å². The summed E-state index contributed by atoms with van der Waals surface area (Å²) in [7, 11) is -3.05. The summed E-state index contributed by atoms with van der Waals surface area (Å²) >= 11 is 1.42. The van der Waals surface area contributed by atoms with Gasteiger partial charge in [0.1, 0.15) is 6.10 Å². The minimum Gasteiger partial charge on any atom is -0.464 e. The third kappa shape index (κ3) is 2.53. The molecule has 5 nitrogen and oxygen atoms in total. The second kappa shape index (κ2) is 4.68. The average Bonchev–Trinajstić information content (AvgIpc) is 2.62. The van der Waals surface area contributed by atoms with Crippen molar-refractivity contribution in [2.75, 3.05) is 18.8 Å². The molecule has 1 aliphatic heterocycles. The summed E-state index contributed by atoms with van der Waals surface area (Å²) < 4.78 is 30.2. The molecule has 1 aliphatic rings. The van der Waals surface area contributed by atoms with E-state index in [1.165, 1.54) is 15.6 Å². The molecular formula is C9H14N2O3S2. The number of rotatable bonds is 5. The maximum atomic E-state index is 11.6. The van der Waals surface area contributed by atoms with Crippen LogP contribution in [0.25, 0.3) is 0 Å². The van der Waals surface area contributed by atoms with E-state index in [1.807, 2.05) is 12.3 Å². The van der Waals surface area contributed by atoms with Crippen LogP contribution in [0.1, 0.15) is 13.3 Å². The highest BCUT2D eigenvalue weighted by Crippen LogP contribution is 2.22. The second-order valence-corrected chi connectivity index (χ2v) is 6.62. The molecule has 0 radical (unpaired) electrons. The van der Waals surface area contributed by atoms with Crippen molar-refractivity contribution in [3.05, 3.63) is 11.6 Å². The SMILES string of the molecule is CCCS(=O)(=O)N1CC(Oc2nccs2)C1. The number of sulfonamides is 1. The zero-order valence-electron chi connectivity index (χ0n) is 9.00. The third-order valence-corrected chi connectivity index (χ3v) is 5.02. The first-order valence-corrected chi connectivity index (χ1v) is 7.64. The Morgan fingerprint density at radius 1 is 1.62 bits per heavy atom. The molecule has 0 N–H and O–H groups in total. The zero-order valence-corrected chi connectivity index (χ0v) is 10.6. The lowest BCUT2D eigenvalue weighted by atomic mass is 10.2. The van der Waals surface area contributed by atoms with Crippen molar-refractivity contribution in [1.82, 2.24) is 9.29 Å². The van der Waals surface area contributed by atoms with Crippen LogP contribution in [0.3, 0.4) is 0 Å². The van der Waals surface area contributed by atoms with Crippen molar-refractivity contribution < 1.29 is 13.2 Å². The molecule has 0 amide bonds. The molecule has 0 unspecified atom stereocenters. The van der Waals surface area contributed by atoms with Gasteiger partial charge < -0.3 is 4.74 Å². The van der Waals surface area contributed by atoms with Crippen molar-refractivity contribution in [3.63, 3.8) is 0 Å². The van der Waals surface area contributed by atoms with Crippen LogP contribution in [0.5, 0.6) is 5.19 Å². The Morgan fingerprint density at radius 2 is 2.38 bits per heavy atom. The zero-order chi connectivity index (χ0) is 11.6. The van der Waals surface area contributed by atoms with Crippen LogP contribution in [0.4, 0.5) is 0 Å². The molecule has 0 bridgehead atoms. The van der Waals surface area contributed by atoms with Gasteiger partial charge in [0, 0.05) is 11.6 Å². The van der Waals surface area contributed by atoms with Crippen LogP contribution in [-0.2, 0) is 10.0 Å². The van der Waals surface area contributed by atoms with Crippen molar-refractivity contribution in [3.8, 4) is 5.19 Å². The first kappa shape index (κ1) is 11.8. The molecule has 16 heavy (non-hydrogen) atoms. The Balaban J connectivity index is 1.82. The van der Waals surface area contributed by atoms with Crippen LogP contribution < -0.4 is 4.74 Å². The van der Waals surface area contributed by atoms with Gasteiger partial charge in [0.25, 0.3) is 5.19 Å². The number of hydrogen-bond donors (Lipinski definition) is 0. The van der Waals surface area contributed by atoms with Crippen LogP contribution >= 0.6 is 11.3 Å². The second-order valence-electron chi connectivity index (χ2n) is 3.67. The van der Waals surface area contributed by atoms with Gasteiger partial charge in [0.2, 0.25) is 10.0 Å². The highest BCUT2D eigenvalue weighted by molar-refractivity contribution is 7.89. The van der Waals surface area contributed by atoms with E-state index in [2.05, 4.69) is 4.98 Å². The molecule has 0 saturated carbocycles. The molecular weight excluding hydrogens is 248 g/mol. The number of thiazole rings is 1. The first-order valence-electron chi connectivity index (χ1n) is 5.16. The van der Waals surface area contributed by atoms with Gasteiger partial charge in [0.05, 0.1) is 18.8 Å². The average molecular weight is 262 g/mol. The summed E-state index contributed by atoms with van der Waals surface area (Å²) in [6.45, 7) is 2.75. The lowest BCUT2D eigenvalue weighted by molar-refractivity contribution is 0.0759. The maximum Gasteiger partial charge on any atom is 0.273 e. The molecule has 7 heteroatoms. The summed E-state index contributed by atoms with van der Waals surface area (Å²) in [4.78, 5) is 3.99. The summed E-state index contributed by atoms with van der Waals surface area (Å²) in [5.41, 5.74) is 0. The van der Waals surface area contributed by atoms with E-state index >= 15 is 0 Å². The smallest absolute Gasteiger partial charge is 0.273 e. The van der Waals surface area contributed by atoms with Gasteiger partial charge in [0.15, 0.2) is 0 Å². The molecule has 0 aliphatic carbocycles. The minimum atomic E-state index is -3.05. The normalized spacial score (nSPS) is 18.3. The van der Waals surface area contributed by atoms with Gasteiger partial charge in [-0.1, -0.05) is 18.3 Å². The molecule has 1 fully saturated rings. The van der Waals surface area contributed by atoms with Crippen molar-refractivity contribution in [2.45, 2.75) is 19.4 Å². The molecule has 1 aromatic rings. The largest absolute Gasteiger partial charge is 0.464 e. The summed E-state index contributed by atoms with van der Waals surface area (Å²) in [5, 5.41) is 2.44. The molecule has 1 aromatic heterocycles. The van der Waals surface area contributed by atoms with Gasteiger partial charge in [-0.3, -0.25) is 0 Å². The molecule has 2 rings (SSSR count). The predicted molar refractivity (Wildman–Crippen MR) is 62.2 cm³/mol. The third-order valence-electron chi connectivity index (χ3n) is 2.35. The van der Waals surface area contributed by atoms with E-state index in [4.69, 9.17) is 4.74 Å². The molecule has 0 spiro atoms. The summed E-state index contributed by atoms with van der Waals surface area (Å²) in [5.74, 6) is 0.219. The minimum absolute atomic E-state index is 0.0437. The van der Waals surface area contributed by atoms with E-state index < -0.39 is 10.0 Å². The Morgan fingerprint density at radius 3 is 2.94 bits per heavy atom. The van der Waals surface area contributed by atoms with Crippen LogP contribution in [0, 0.1) is 0 Å². The molecule has 0 aromatic carbocycles. The van der Waals surface area contributed by atoms with E-state index in [1.54, 1.807) is 6.20 Å². The first-order chi connectivity index (χ1) is 7.62. The molecule has 1 saturated heterocycles. The fourth-order valence-electron chi connectivity index (χ4n) is 1.50. The molecule has 2 heterocycles. The van der Waals surface area contributed by atoms with E-state index in [-0.39, 0.29) is 11.9 Å². The standard InChI is InChI=1S/C9H14N2O3S2/c1-2-5-16(12,13)11-6-8(7-11)14-9-10-3-4-15-9/h3-4,8H,2,5-7H2,1H3. The van der Waals surface area contributed by atoms with Crippen molar-refractivity contribution >= 4 is 21.4 Å². The predicted octanol–water partition coefficient (Wildman–Crippen LogP) is 0.946. The summed E-state index contributed by atoms with van der Waals surface area (Å²) in [6, 6.07) is 0. The summed E-state index contributed by atoms with van der Waals surface area (Å²) in [6.07, 6.45) is 2.28. The van der Waals surface area contributed by atoms with Crippen molar-refractivity contribution in [2.24, 2.45) is 0 Å². The van der Waals surface area contributed by atoms with Gasteiger partial charge in [-0.15, -0.1) is 0 Å². The number of nitrogens with zero attached hydrogens (tertiary/aromatic N) is 2. The fourth-order valence-corrected chi connectivity index (χ4v) is 3.61. The monoisotopic (exact) mass is 262 g/mol. The fraction of sp³-hybridized carbons (Fsp3) is 0.667. The molecule has 0 atom stereocenters. The van der Waals surface area contributed by atoms with Gasteiger partial charge in [-0.2, -0.15) is 4.31 Å². The molecule has 90 valence electrons. The lowest BCUT2D eigenvalue weighted by Gasteiger charge is -2.37. The van der Waals surface area contributed by atoms with Crippen LogP contribution in [0.15, 0.2) is 11.6 Å². The Bertz CT molecular complexity index is 424. The topological polar surface area (TPSA) is 59.5 Å². The number of aromatic nitrogens is 1. The Kier molecular flexibility index (Phi) is 3.46. The number of ether oxygens (including phenoxy) is 1. The Hall–Kier alpha value is -0.660. The van der Waals surface area contributed by atoms with Crippen LogP contribution in [0.2, 0.25) is 0 Å². The quantitative estimate of drug-likeness (QED) is 0.792. The van der Waals surface area contributed by atoms with Crippen molar-refractivity contribution in [1.29, 1.82) is 0 Å². The highest BCUT2D eigenvalue weighted by Gasteiger charge is 2.36. The van der Waals surface area contributed by atoms with Gasteiger partial charge in [-0.05, 0) is 6.42 Å². The van der Waals surface area contributed by atoms with E-state index in [0.717, 1.165) is 0 Å². The van der Waals surface area contributed by atoms with Crippen LogP contribution in [-0.4, -0.2) is 42.7 Å². The maximum absolute atomic E-state index is 11.6.